The molecule has 2 amide bonds. The van der Waals surface area contributed by atoms with Crippen LogP contribution in [0.4, 0.5) is 11.4 Å². The largest absolute Gasteiger partial charge is 0.484 e. The van der Waals surface area contributed by atoms with Crippen LogP contribution in [0.1, 0.15) is 6.92 Å². The average Bonchev–Trinajstić information content (AvgIpc) is 2.67. The number of amides is 2. The summed E-state index contributed by atoms with van der Waals surface area (Å²) in [6, 6.07) is 24.4. The highest BCUT2D eigenvalue weighted by molar-refractivity contribution is 5.96. The Morgan fingerprint density at radius 2 is 1.59 bits per heavy atom. The van der Waals surface area contributed by atoms with Crippen LogP contribution in [0.2, 0.25) is 0 Å². The highest BCUT2D eigenvalue weighted by Crippen LogP contribution is 2.27. The molecule has 0 spiro atoms. The number of carbonyl (C=O) groups is 2. The first-order valence-corrected chi connectivity index (χ1v) is 8.56. The highest BCUT2D eigenvalue weighted by Gasteiger charge is 2.09. The van der Waals surface area contributed by atoms with Crippen LogP contribution in [0, 0.1) is 0 Å². The van der Waals surface area contributed by atoms with Crippen molar-refractivity contribution in [3.05, 3.63) is 78.9 Å². The van der Waals surface area contributed by atoms with Crippen LogP contribution in [0.15, 0.2) is 78.9 Å². The number of para-hydroxylation sites is 1. The zero-order valence-corrected chi connectivity index (χ0v) is 14.9. The summed E-state index contributed by atoms with van der Waals surface area (Å²) >= 11 is 0. The fourth-order valence-electron chi connectivity index (χ4n) is 2.66. The van der Waals surface area contributed by atoms with Crippen molar-refractivity contribution in [2.24, 2.45) is 0 Å². The van der Waals surface area contributed by atoms with E-state index in [1.165, 1.54) is 6.92 Å². The molecule has 5 nitrogen and oxygen atoms in total. The van der Waals surface area contributed by atoms with Crippen LogP contribution in [0.25, 0.3) is 11.1 Å². The van der Waals surface area contributed by atoms with Crippen LogP contribution in [-0.4, -0.2) is 18.4 Å². The van der Waals surface area contributed by atoms with Crippen molar-refractivity contribution in [2.75, 3.05) is 17.2 Å². The van der Waals surface area contributed by atoms with Gasteiger partial charge in [-0.3, -0.25) is 9.59 Å². The van der Waals surface area contributed by atoms with E-state index in [0.29, 0.717) is 11.4 Å². The summed E-state index contributed by atoms with van der Waals surface area (Å²) < 4.78 is 5.54. The maximum atomic E-state index is 12.3. The Morgan fingerprint density at radius 3 is 2.37 bits per heavy atom. The Morgan fingerprint density at radius 1 is 0.852 bits per heavy atom. The molecule has 5 heteroatoms. The van der Waals surface area contributed by atoms with Gasteiger partial charge in [-0.1, -0.05) is 54.6 Å². The molecule has 0 heterocycles. The Balaban J connectivity index is 1.65. The number of rotatable bonds is 6. The van der Waals surface area contributed by atoms with Crippen LogP contribution in [0.5, 0.6) is 5.75 Å². The van der Waals surface area contributed by atoms with Crippen LogP contribution in [-0.2, 0) is 9.59 Å². The molecule has 0 aliphatic rings. The van der Waals surface area contributed by atoms with E-state index in [1.54, 1.807) is 24.3 Å². The van der Waals surface area contributed by atoms with Crippen molar-refractivity contribution >= 4 is 23.2 Å². The Kier molecular flexibility index (Phi) is 5.84. The van der Waals surface area contributed by atoms with Gasteiger partial charge in [-0.2, -0.15) is 0 Å². The molecule has 0 atom stereocenters. The second-order valence-electron chi connectivity index (χ2n) is 5.96. The topological polar surface area (TPSA) is 67.4 Å². The van der Waals surface area contributed by atoms with E-state index in [4.69, 9.17) is 4.74 Å². The van der Waals surface area contributed by atoms with Gasteiger partial charge in [-0.05, 0) is 23.8 Å². The van der Waals surface area contributed by atoms with Gasteiger partial charge in [0.1, 0.15) is 5.75 Å². The lowest BCUT2D eigenvalue weighted by atomic mass is 10.0. The van der Waals surface area contributed by atoms with Gasteiger partial charge in [-0.15, -0.1) is 0 Å². The van der Waals surface area contributed by atoms with Gasteiger partial charge in [-0.25, -0.2) is 0 Å². The second kappa shape index (κ2) is 8.67. The van der Waals surface area contributed by atoms with Gasteiger partial charge >= 0.3 is 0 Å². The number of nitrogens with one attached hydrogen (secondary N) is 2. The van der Waals surface area contributed by atoms with E-state index in [-0.39, 0.29) is 18.4 Å². The normalized spacial score (nSPS) is 10.1. The number of hydrogen-bond donors (Lipinski definition) is 2. The summed E-state index contributed by atoms with van der Waals surface area (Å²) in [5.41, 5.74) is 3.32. The van der Waals surface area contributed by atoms with Crippen LogP contribution < -0.4 is 15.4 Å². The molecule has 0 radical (unpaired) electrons. The summed E-state index contributed by atoms with van der Waals surface area (Å²) in [4.78, 5) is 23.5. The van der Waals surface area contributed by atoms with Gasteiger partial charge in [0.2, 0.25) is 5.91 Å². The molecule has 3 aromatic rings. The quantitative estimate of drug-likeness (QED) is 0.687. The Bertz CT molecular complexity index is 939. The fourth-order valence-corrected chi connectivity index (χ4v) is 2.66. The van der Waals surface area contributed by atoms with Crippen LogP contribution >= 0.6 is 0 Å². The molecular weight excluding hydrogens is 340 g/mol. The molecule has 0 bridgehead atoms. The van der Waals surface area contributed by atoms with Crippen molar-refractivity contribution in [2.45, 2.75) is 6.92 Å². The first-order chi connectivity index (χ1) is 13.1. The van der Waals surface area contributed by atoms with Crippen molar-refractivity contribution < 1.29 is 14.3 Å². The lowest BCUT2D eigenvalue weighted by Gasteiger charge is -2.12. The minimum atomic E-state index is -0.261. The number of anilines is 2. The minimum Gasteiger partial charge on any atom is -0.484 e. The van der Waals surface area contributed by atoms with E-state index in [2.05, 4.69) is 10.6 Å². The van der Waals surface area contributed by atoms with Crippen molar-refractivity contribution in [3.8, 4) is 16.9 Å². The van der Waals surface area contributed by atoms with Gasteiger partial charge in [0.05, 0.1) is 0 Å². The van der Waals surface area contributed by atoms with E-state index in [1.807, 2.05) is 54.6 Å². The summed E-state index contributed by atoms with van der Waals surface area (Å²) in [5.74, 6) is 0.0819. The zero-order chi connectivity index (χ0) is 19.1. The molecule has 0 aliphatic carbocycles. The van der Waals surface area contributed by atoms with E-state index in [9.17, 15) is 9.59 Å². The van der Waals surface area contributed by atoms with Gasteiger partial charge in [0, 0.05) is 29.9 Å². The monoisotopic (exact) mass is 360 g/mol. The standard InChI is InChI=1S/C22H20N2O3/c1-16(25)23-18-10-7-11-19(14-18)27-15-22(26)24-21-13-6-5-12-20(21)17-8-3-2-4-9-17/h2-14H,15H2,1H3,(H,23,25)(H,24,26). The third-order valence-corrected chi connectivity index (χ3v) is 3.81. The third kappa shape index (κ3) is 5.19. The molecule has 0 saturated carbocycles. The smallest absolute Gasteiger partial charge is 0.262 e. The summed E-state index contributed by atoms with van der Waals surface area (Å²) in [5, 5.41) is 5.57. The van der Waals surface area contributed by atoms with E-state index >= 15 is 0 Å². The molecule has 0 aromatic heterocycles. The van der Waals surface area contributed by atoms with Crippen LogP contribution in [0.3, 0.4) is 0 Å². The van der Waals surface area contributed by atoms with E-state index < -0.39 is 0 Å². The number of carbonyl (C=O) groups excluding carboxylic acids is 2. The van der Waals surface area contributed by atoms with Gasteiger partial charge < -0.3 is 15.4 Å². The van der Waals surface area contributed by atoms with Crippen molar-refractivity contribution in [3.63, 3.8) is 0 Å². The lowest BCUT2D eigenvalue weighted by molar-refractivity contribution is -0.118. The molecule has 3 aromatic carbocycles. The molecule has 0 aliphatic heterocycles. The molecule has 136 valence electrons. The maximum absolute atomic E-state index is 12.3. The van der Waals surface area contributed by atoms with Gasteiger partial charge in [0.25, 0.3) is 5.91 Å². The molecule has 0 saturated heterocycles. The molecular formula is C22H20N2O3. The lowest BCUT2D eigenvalue weighted by Crippen LogP contribution is -2.20. The number of benzene rings is 3. The summed E-state index contributed by atoms with van der Waals surface area (Å²) in [7, 11) is 0. The second-order valence-corrected chi connectivity index (χ2v) is 5.96. The van der Waals surface area contributed by atoms with Gasteiger partial charge in [0.15, 0.2) is 6.61 Å². The summed E-state index contributed by atoms with van der Waals surface area (Å²) in [6.45, 7) is 1.30. The SMILES string of the molecule is CC(=O)Nc1cccc(OCC(=O)Nc2ccccc2-c2ccccc2)c1. The molecule has 27 heavy (non-hydrogen) atoms. The molecule has 0 fully saturated rings. The first kappa shape index (κ1) is 18.2. The Labute approximate surface area is 158 Å². The highest BCUT2D eigenvalue weighted by atomic mass is 16.5. The number of ether oxygens (including phenoxy) is 1. The van der Waals surface area contributed by atoms with E-state index in [0.717, 1.165) is 16.8 Å². The first-order valence-electron chi connectivity index (χ1n) is 8.56. The predicted octanol–water partition coefficient (Wildman–Crippen LogP) is 4.33. The third-order valence-electron chi connectivity index (χ3n) is 3.81. The molecule has 2 N–H and O–H groups in total. The molecule has 3 rings (SSSR count). The Hall–Kier alpha value is -3.60. The zero-order valence-electron chi connectivity index (χ0n) is 14.9. The van der Waals surface area contributed by atoms with Crippen molar-refractivity contribution in [1.82, 2.24) is 0 Å². The minimum absolute atomic E-state index is 0.132. The van der Waals surface area contributed by atoms with Crippen molar-refractivity contribution in [1.29, 1.82) is 0 Å². The predicted molar refractivity (Wildman–Crippen MR) is 107 cm³/mol. The summed E-state index contributed by atoms with van der Waals surface area (Å²) in [6.07, 6.45) is 0. The fraction of sp³-hybridized carbons (Fsp3) is 0.0909. The average molecular weight is 360 g/mol. The molecule has 0 unspecified atom stereocenters. The maximum Gasteiger partial charge on any atom is 0.262 e. The number of hydrogen-bond acceptors (Lipinski definition) is 3.